The van der Waals surface area contributed by atoms with E-state index < -0.39 is 5.97 Å². The minimum atomic E-state index is -0.435. The van der Waals surface area contributed by atoms with Gasteiger partial charge >= 0.3 is 5.97 Å². The van der Waals surface area contributed by atoms with Crippen molar-refractivity contribution < 1.29 is 14.3 Å². The first kappa shape index (κ1) is 19.6. The fourth-order valence-electron chi connectivity index (χ4n) is 3.89. The highest BCUT2D eigenvalue weighted by molar-refractivity contribution is 6.08. The van der Waals surface area contributed by atoms with E-state index in [0.717, 1.165) is 43.3 Å². The maximum atomic E-state index is 13.0. The third-order valence-corrected chi connectivity index (χ3v) is 5.81. The van der Waals surface area contributed by atoms with Crippen LogP contribution in [0.4, 0.5) is 5.82 Å². The molecule has 2 N–H and O–H groups in total. The molecule has 4 rings (SSSR count). The van der Waals surface area contributed by atoms with Gasteiger partial charge < -0.3 is 19.8 Å². The highest BCUT2D eigenvalue weighted by atomic mass is 16.5. The number of carbonyl (C=O) groups is 1. The van der Waals surface area contributed by atoms with E-state index in [1.165, 1.54) is 0 Å². The highest BCUT2D eigenvalue weighted by Crippen LogP contribution is 2.30. The number of nitrogen functional groups attached to an aromatic ring is 1. The molecule has 29 heavy (non-hydrogen) atoms. The molecular weight excluding hydrogens is 368 g/mol. The Hall–Kier alpha value is -2.67. The minimum Gasteiger partial charge on any atom is -0.462 e. The first-order valence-electron chi connectivity index (χ1n) is 10.5. The van der Waals surface area contributed by atoms with Crippen LogP contribution in [0.1, 0.15) is 49.9 Å². The van der Waals surface area contributed by atoms with Crippen LogP contribution in [0, 0.1) is 5.92 Å². The average molecular weight is 396 g/mol. The zero-order chi connectivity index (χ0) is 20.4. The molecule has 0 unspecified atom stereocenters. The molecule has 0 aliphatic carbocycles. The number of hydrogen-bond donors (Lipinski definition) is 1. The molecule has 3 heterocycles. The standard InChI is InChI=1S/C22H28N4O3/c1-3-14(4-2)13-29-22(27)18-19-21(25-17-10-6-5-9-16(17)24-19)26(20(18)23)12-15-8-7-11-28-15/h5-6,9-10,14-15H,3-4,7-8,11-13,23H2,1-2H3/t15-/m1/s1. The van der Waals surface area contributed by atoms with Crippen LogP contribution in [0.5, 0.6) is 0 Å². The largest absolute Gasteiger partial charge is 0.462 e. The molecule has 0 radical (unpaired) electrons. The molecule has 0 bridgehead atoms. The van der Waals surface area contributed by atoms with Crippen molar-refractivity contribution in [3.8, 4) is 0 Å². The molecule has 7 nitrogen and oxygen atoms in total. The number of esters is 1. The monoisotopic (exact) mass is 396 g/mol. The molecular formula is C22H28N4O3. The molecule has 0 saturated carbocycles. The van der Waals surface area contributed by atoms with Gasteiger partial charge in [-0.25, -0.2) is 14.8 Å². The molecule has 2 aromatic heterocycles. The van der Waals surface area contributed by atoms with E-state index in [0.29, 0.717) is 41.6 Å². The molecule has 1 fully saturated rings. The maximum absolute atomic E-state index is 13.0. The fourth-order valence-corrected chi connectivity index (χ4v) is 3.89. The number of nitrogens with zero attached hydrogens (tertiary/aromatic N) is 3. The average Bonchev–Trinajstić information content (AvgIpc) is 3.34. The second-order valence-corrected chi connectivity index (χ2v) is 7.67. The Morgan fingerprint density at radius 3 is 2.66 bits per heavy atom. The molecule has 1 aromatic carbocycles. The van der Waals surface area contributed by atoms with Gasteiger partial charge in [0.05, 0.1) is 30.3 Å². The number of hydrogen-bond acceptors (Lipinski definition) is 6. The summed E-state index contributed by atoms with van der Waals surface area (Å²) in [5.41, 5.74) is 9.35. The third-order valence-electron chi connectivity index (χ3n) is 5.81. The van der Waals surface area contributed by atoms with Gasteiger partial charge in [-0.2, -0.15) is 0 Å². The number of fused-ring (bicyclic) bond motifs is 2. The molecule has 7 heteroatoms. The Labute approximate surface area is 170 Å². The van der Waals surface area contributed by atoms with E-state index in [1.807, 2.05) is 28.8 Å². The van der Waals surface area contributed by atoms with Gasteiger partial charge in [-0.1, -0.05) is 38.8 Å². The lowest BCUT2D eigenvalue weighted by molar-refractivity contribution is 0.0436. The topological polar surface area (TPSA) is 92.3 Å². The number of para-hydroxylation sites is 2. The summed E-state index contributed by atoms with van der Waals surface area (Å²) in [6.07, 6.45) is 3.99. The van der Waals surface area contributed by atoms with E-state index in [-0.39, 0.29) is 6.10 Å². The lowest BCUT2D eigenvalue weighted by Gasteiger charge is -2.14. The smallest absolute Gasteiger partial charge is 0.344 e. The van der Waals surface area contributed by atoms with E-state index in [4.69, 9.17) is 25.2 Å². The second-order valence-electron chi connectivity index (χ2n) is 7.67. The van der Waals surface area contributed by atoms with Gasteiger partial charge in [0.15, 0.2) is 5.65 Å². The highest BCUT2D eigenvalue weighted by Gasteiger charge is 2.27. The molecule has 1 aliphatic heterocycles. The third kappa shape index (κ3) is 3.79. The van der Waals surface area contributed by atoms with E-state index in [1.54, 1.807) is 0 Å². The summed E-state index contributed by atoms with van der Waals surface area (Å²) in [6, 6.07) is 7.62. The van der Waals surface area contributed by atoms with Crippen LogP contribution in [-0.2, 0) is 16.0 Å². The first-order valence-corrected chi connectivity index (χ1v) is 10.5. The van der Waals surface area contributed by atoms with Gasteiger partial charge in [0, 0.05) is 6.61 Å². The Bertz CT molecular complexity index is 1020. The molecule has 3 aromatic rings. The van der Waals surface area contributed by atoms with Crippen molar-refractivity contribution in [2.45, 2.75) is 52.2 Å². The van der Waals surface area contributed by atoms with Gasteiger partial charge in [-0.3, -0.25) is 0 Å². The molecule has 1 aliphatic rings. The Balaban J connectivity index is 1.78. The van der Waals surface area contributed by atoms with Crippen LogP contribution >= 0.6 is 0 Å². The van der Waals surface area contributed by atoms with Crippen LogP contribution in [0.3, 0.4) is 0 Å². The predicted octanol–water partition coefficient (Wildman–Crippen LogP) is 3.94. The van der Waals surface area contributed by atoms with Crippen molar-refractivity contribution in [2.75, 3.05) is 18.9 Å². The number of aromatic nitrogens is 3. The van der Waals surface area contributed by atoms with Gasteiger partial charge in [0.1, 0.15) is 16.9 Å². The van der Waals surface area contributed by atoms with Crippen LogP contribution in [0.15, 0.2) is 24.3 Å². The van der Waals surface area contributed by atoms with Crippen molar-refractivity contribution in [1.82, 2.24) is 14.5 Å². The summed E-state index contributed by atoms with van der Waals surface area (Å²) in [5, 5.41) is 0. The zero-order valence-corrected chi connectivity index (χ0v) is 17.1. The SMILES string of the molecule is CCC(CC)COC(=O)c1c(N)n(C[C@H]2CCCO2)c2nc3ccccc3nc12. The number of rotatable bonds is 7. The lowest BCUT2D eigenvalue weighted by Crippen LogP contribution is -2.18. The van der Waals surface area contributed by atoms with Crippen LogP contribution < -0.4 is 5.73 Å². The summed E-state index contributed by atoms with van der Waals surface area (Å²) in [5.74, 6) is 0.253. The summed E-state index contributed by atoms with van der Waals surface area (Å²) in [6.45, 7) is 5.88. The molecule has 0 spiro atoms. The number of benzene rings is 1. The Kier molecular flexibility index (Phi) is 5.67. The summed E-state index contributed by atoms with van der Waals surface area (Å²) in [4.78, 5) is 22.5. The predicted molar refractivity (Wildman–Crippen MR) is 113 cm³/mol. The van der Waals surface area contributed by atoms with Crippen molar-refractivity contribution in [3.63, 3.8) is 0 Å². The van der Waals surface area contributed by atoms with Crippen molar-refractivity contribution in [3.05, 3.63) is 29.8 Å². The summed E-state index contributed by atoms with van der Waals surface area (Å²) >= 11 is 0. The van der Waals surface area contributed by atoms with Gasteiger partial charge in [-0.05, 0) is 30.9 Å². The number of anilines is 1. The fraction of sp³-hybridized carbons (Fsp3) is 0.500. The summed E-state index contributed by atoms with van der Waals surface area (Å²) < 4.78 is 13.3. The van der Waals surface area contributed by atoms with Crippen molar-refractivity contribution >= 4 is 34.0 Å². The second kappa shape index (κ2) is 8.37. The molecule has 0 amide bonds. The van der Waals surface area contributed by atoms with E-state index in [2.05, 4.69) is 13.8 Å². The van der Waals surface area contributed by atoms with Crippen molar-refractivity contribution in [1.29, 1.82) is 0 Å². The number of carbonyl (C=O) groups excluding carboxylic acids is 1. The zero-order valence-electron chi connectivity index (χ0n) is 17.1. The normalized spacial score (nSPS) is 16.9. The first-order chi connectivity index (χ1) is 14.1. The van der Waals surface area contributed by atoms with Gasteiger partial charge in [0.25, 0.3) is 0 Å². The number of nitrogens with two attached hydrogens (primary N) is 1. The van der Waals surface area contributed by atoms with Crippen LogP contribution in [0.2, 0.25) is 0 Å². The van der Waals surface area contributed by atoms with Crippen molar-refractivity contribution in [2.24, 2.45) is 5.92 Å². The summed E-state index contributed by atoms with van der Waals surface area (Å²) in [7, 11) is 0. The minimum absolute atomic E-state index is 0.0644. The quantitative estimate of drug-likeness (QED) is 0.608. The molecule has 1 saturated heterocycles. The number of ether oxygens (including phenoxy) is 2. The molecule has 154 valence electrons. The van der Waals surface area contributed by atoms with Gasteiger partial charge in [-0.15, -0.1) is 0 Å². The maximum Gasteiger partial charge on any atom is 0.344 e. The Morgan fingerprint density at radius 1 is 1.28 bits per heavy atom. The van der Waals surface area contributed by atoms with Gasteiger partial charge in [0.2, 0.25) is 0 Å². The van der Waals surface area contributed by atoms with E-state index >= 15 is 0 Å². The lowest BCUT2D eigenvalue weighted by atomic mass is 10.1. The Morgan fingerprint density at radius 2 is 2.00 bits per heavy atom. The molecule has 1 atom stereocenters. The van der Waals surface area contributed by atoms with Crippen LogP contribution in [0.25, 0.3) is 22.2 Å². The van der Waals surface area contributed by atoms with Crippen LogP contribution in [-0.4, -0.2) is 39.8 Å². The van der Waals surface area contributed by atoms with E-state index in [9.17, 15) is 4.79 Å².